The van der Waals surface area contributed by atoms with Gasteiger partial charge in [-0.1, -0.05) is 18.2 Å². The summed E-state index contributed by atoms with van der Waals surface area (Å²) in [4.78, 5) is 37.9. The number of ether oxygens (including phenoxy) is 1. The lowest BCUT2D eigenvalue weighted by Gasteiger charge is -2.08. The Kier molecular flexibility index (Phi) is 7.29. The number of nitrogens with zero attached hydrogens (tertiary/aromatic N) is 2. The minimum Gasteiger partial charge on any atom is -0.481 e. The SMILES string of the molecule is CCOC(=O)c1nc(-c2cccc(CNC(=O)NCCCC(=O)O)c2)n[nH]1. The average molecular weight is 375 g/mol. The summed E-state index contributed by atoms with van der Waals surface area (Å²) in [6.45, 7) is 2.50. The van der Waals surface area contributed by atoms with E-state index in [0.717, 1.165) is 5.56 Å². The van der Waals surface area contributed by atoms with Crippen molar-refractivity contribution in [2.45, 2.75) is 26.3 Å². The number of esters is 1. The first kappa shape index (κ1) is 19.9. The lowest BCUT2D eigenvalue weighted by molar-refractivity contribution is -0.137. The van der Waals surface area contributed by atoms with E-state index in [2.05, 4.69) is 25.8 Å². The minimum atomic E-state index is -0.896. The Bertz CT molecular complexity index is 805. The van der Waals surface area contributed by atoms with E-state index >= 15 is 0 Å². The van der Waals surface area contributed by atoms with Crippen LogP contribution in [-0.4, -0.2) is 51.4 Å². The van der Waals surface area contributed by atoms with Crippen LogP contribution in [-0.2, 0) is 16.1 Å². The highest BCUT2D eigenvalue weighted by molar-refractivity contribution is 5.85. The molecule has 1 aromatic carbocycles. The van der Waals surface area contributed by atoms with Gasteiger partial charge >= 0.3 is 18.0 Å². The number of rotatable bonds is 9. The third-order valence-corrected chi connectivity index (χ3v) is 3.45. The van der Waals surface area contributed by atoms with E-state index in [1.54, 1.807) is 25.1 Å². The number of aromatic amines is 1. The van der Waals surface area contributed by atoms with Crippen LogP contribution >= 0.6 is 0 Å². The fourth-order valence-electron chi connectivity index (χ4n) is 2.19. The molecule has 27 heavy (non-hydrogen) atoms. The highest BCUT2D eigenvalue weighted by atomic mass is 16.5. The number of carbonyl (C=O) groups excluding carboxylic acids is 2. The zero-order valence-corrected chi connectivity index (χ0v) is 14.8. The van der Waals surface area contributed by atoms with Gasteiger partial charge in [0.2, 0.25) is 5.82 Å². The summed E-state index contributed by atoms with van der Waals surface area (Å²) in [6.07, 6.45) is 0.374. The molecule has 2 amide bonds. The number of hydrogen-bond donors (Lipinski definition) is 4. The largest absolute Gasteiger partial charge is 0.481 e. The molecule has 0 bridgehead atoms. The summed E-state index contributed by atoms with van der Waals surface area (Å²) in [5.41, 5.74) is 1.50. The van der Waals surface area contributed by atoms with Crippen molar-refractivity contribution >= 4 is 18.0 Å². The first-order valence-corrected chi connectivity index (χ1v) is 8.42. The molecule has 0 aliphatic carbocycles. The molecule has 0 fully saturated rings. The summed E-state index contributed by atoms with van der Waals surface area (Å²) in [6, 6.07) is 6.81. The molecule has 0 aliphatic heterocycles. The summed E-state index contributed by atoms with van der Waals surface area (Å²) in [7, 11) is 0. The van der Waals surface area contributed by atoms with Gasteiger partial charge in [0.15, 0.2) is 5.82 Å². The van der Waals surface area contributed by atoms with Crippen molar-refractivity contribution in [2.75, 3.05) is 13.2 Å². The summed E-state index contributed by atoms with van der Waals surface area (Å²) < 4.78 is 4.86. The number of benzene rings is 1. The van der Waals surface area contributed by atoms with Gasteiger partial charge in [-0.05, 0) is 25.0 Å². The van der Waals surface area contributed by atoms with Gasteiger partial charge < -0.3 is 20.5 Å². The van der Waals surface area contributed by atoms with Gasteiger partial charge in [-0.2, -0.15) is 5.10 Å². The molecule has 4 N–H and O–H groups in total. The van der Waals surface area contributed by atoms with Gasteiger partial charge in [0.05, 0.1) is 6.61 Å². The normalized spacial score (nSPS) is 10.3. The first-order valence-electron chi connectivity index (χ1n) is 8.42. The Morgan fingerprint density at radius 3 is 2.81 bits per heavy atom. The summed E-state index contributed by atoms with van der Waals surface area (Å²) in [5.74, 6) is -1.10. The molecule has 0 atom stereocenters. The number of H-pyrrole nitrogens is 1. The Labute approximate surface area is 155 Å². The summed E-state index contributed by atoms with van der Waals surface area (Å²) in [5, 5.41) is 20.4. The van der Waals surface area contributed by atoms with Crippen molar-refractivity contribution in [3.63, 3.8) is 0 Å². The Morgan fingerprint density at radius 1 is 1.26 bits per heavy atom. The molecule has 1 aromatic heterocycles. The molecular formula is C17H21N5O5. The predicted molar refractivity (Wildman–Crippen MR) is 94.9 cm³/mol. The monoisotopic (exact) mass is 375 g/mol. The molecule has 0 aliphatic rings. The molecule has 2 aromatic rings. The molecule has 0 saturated carbocycles. The third kappa shape index (κ3) is 6.42. The van der Waals surface area contributed by atoms with Crippen LogP contribution in [0.2, 0.25) is 0 Å². The number of aromatic nitrogens is 3. The molecule has 2 rings (SSSR count). The van der Waals surface area contributed by atoms with E-state index in [4.69, 9.17) is 9.84 Å². The van der Waals surface area contributed by atoms with E-state index in [-0.39, 0.29) is 38.0 Å². The topological polar surface area (TPSA) is 146 Å². The van der Waals surface area contributed by atoms with Crippen LogP contribution in [0, 0.1) is 0 Å². The Balaban J connectivity index is 1.89. The fraction of sp³-hybridized carbons (Fsp3) is 0.353. The maximum atomic E-state index is 11.7. The van der Waals surface area contributed by atoms with Crippen LogP contribution < -0.4 is 10.6 Å². The van der Waals surface area contributed by atoms with Crippen molar-refractivity contribution in [1.29, 1.82) is 0 Å². The second-order valence-electron chi connectivity index (χ2n) is 5.54. The van der Waals surface area contributed by atoms with Crippen LogP contribution in [0.3, 0.4) is 0 Å². The molecule has 0 unspecified atom stereocenters. The molecule has 0 radical (unpaired) electrons. The van der Waals surface area contributed by atoms with Crippen molar-refractivity contribution < 1.29 is 24.2 Å². The number of nitrogens with one attached hydrogen (secondary N) is 3. The molecule has 10 nitrogen and oxygen atoms in total. The average Bonchev–Trinajstić information content (AvgIpc) is 3.14. The lowest BCUT2D eigenvalue weighted by Crippen LogP contribution is -2.35. The van der Waals surface area contributed by atoms with E-state index in [0.29, 0.717) is 17.8 Å². The van der Waals surface area contributed by atoms with Gasteiger partial charge in [0, 0.05) is 25.1 Å². The number of hydrogen-bond acceptors (Lipinski definition) is 6. The molecule has 0 saturated heterocycles. The maximum absolute atomic E-state index is 11.7. The van der Waals surface area contributed by atoms with E-state index in [1.807, 2.05) is 6.07 Å². The molecule has 0 spiro atoms. The fourth-order valence-corrected chi connectivity index (χ4v) is 2.19. The van der Waals surface area contributed by atoms with E-state index in [1.165, 1.54) is 0 Å². The van der Waals surface area contributed by atoms with Crippen LogP contribution in [0.5, 0.6) is 0 Å². The van der Waals surface area contributed by atoms with Crippen LogP contribution in [0.1, 0.15) is 35.9 Å². The zero-order valence-electron chi connectivity index (χ0n) is 14.8. The minimum absolute atomic E-state index is 0.00672. The van der Waals surface area contributed by atoms with E-state index < -0.39 is 11.9 Å². The van der Waals surface area contributed by atoms with Gasteiger partial charge in [-0.15, -0.1) is 0 Å². The van der Waals surface area contributed by atoms with Crippen LogP contribution in [0.15, 0.2) is 24.3 Å². The van der Waals surface area contributed by atoms with Crippen LogP contribution in [0.25, 0.3) is 11.4 Å². The first-order chi connectivity index (χ1) is 13.0. The van der Waals surface area contributed by atoms with Gasteiger partial charge in [-0.3, -0.25) is 9.89 Å². The second-order valence-corrected chi connectivity index (χ2v) is 5.54. The quantitative estimate of drug-likeness (QED) is 0.382. The lowest BCUT2D eigenvalue weighted by atomic mass is 10.1. The standard InChI is InChI=1S/C17H21N5O5/c1-2-27-16(25)15-20-14(21-22-15)12-6-3-5-11(9-12)10-19-17(26)18-8-4-7-13(23)24/h3,5-6,9H,2,4,7-8,10H2,1H3,(H,23,24)(H2,18,19,26)(H,20,21,22). The van der Waals surface area contributed by atoms with Crippen molar-refractivity contribution in [3.05, 3.63) is 35.7 Å². The molecule has 144 valence electrons. The number of carbonyl (C=O) groups is 3. The Morgan fingerprint density at radius 2 is 2.07 bits per heavy atom. The maximum Gasteiger partial charge on any atom is 0.375 e. The Hall–Kier alpha value is -3.43. The van der Waals surface area contributed by atoms with Gasteiger partial charge in [-0.25, -0.2) is 14.6 Å². The zero-order chi connectivity index (χ0) is 19.6. The van der Waals surface area contributed by atoms with Crippen molar-refractivity contribution in [3.8, 4) is 11.4 Å². The molecule has 1 heterocycles. The molecular weight excluding hydrogens is 354 g/mol. The highest BCUT2D eigenvalue weighted by Gasteiger charge is 2.14. The van der Waals surface area contributed by atoms with Crippen LogP contribution in [0.4, 0.5) is 4.79 Å². The second kappa shape index (κ2) is 9.90. The van der Waals surface area contributed by atoms with Gasteiger partial charge in [0.25, 0.3) is 0 Å². The van der Waals surface area contributed by atoms with E-state index in [9.17, 15) is 14.4 Å². The number of carboxylic acid groups (broad SMARTS) is 1. The predicted octanol–water partition coefficient (Wildman–Crippen LogP) is 1.31. The number of amides is 2. The number of urea groups is 1. The molecule has 10 heteroatoms. The number of aliphatic carboxylic acids is 1. The van der Waals surface area contributed by atoms with Gasteiger partial charge in [0.1, 0.15) is 0 Å². The smallest absolute Gasteiger partial charge is 0.375 e. The van der Waals surface area contributed by atoms with Crippen molar-refractivity contribution in [1.82, 2.24) is 25.8 Å². The third-order valence-electron chi connectivity index (χ3n) is 3.45. The van der Waals surface area contributed by atoms with Crippen molar-refractivity contribution in [2.24, 2.45) is 0 Å². The highest BCUT2D eigenvalue weighted by Crippen LogP contribution is 2.16. The number of carboxylic acids is 1. The summed E-state index contributed by atoms with van der Waals surface area (Å²) >= 11 is 0.